The van der Waals surface area contributed by atoms with Crippen molar-refractivity contribution in [2.75, 3.05) is 0 Å². The zero-order chi connectivity index (χ0) is 14.3. The highest BCUT2D eigenvalue weighted by Gasteiger charge is 2.35. The van der Waals surface area contributed by atoms with Crippen LogP contribution in [-0.2, 0) is 0 Å². The summed E-state index contributed by atoms with van der Waals surface area (Å²) < 4.78 is 5.39. The van der Waals surface area contributed by atoms with Crippen molar-refractivity contribution >= 4 is 0 Å². The maximum Gasteiger partial charge on any atom is 0.229 e. The van der Waals surface area contributed by atoms with E-state index in [1.807, 2.05) is 0 Å². The van der Waals surface area contributed by atoms with Crippen LogP contribution in [0.25, 0.3) is 0 Å². The fraction of sp³-hybridized carbons (Fsp3) is 0.875. The van der Waals surface area contributed by atoms with Gasteiger partial charge in [0.05, 0.1) is 6.10 Å². The second-order valence-corrected chi connectivity index (χ2v) is 7.73. The van der Waals surface area contributed by atoms with Crippen LogP contribution in [0.1, 0.15) is 82.8 Å². The first-order chi connectivity index (χ1) is 9.43. The normalized spacial score (nSPS) is 34.8. The van der Waals surface area contributed by atoms with Crippen LogP contribution < -0.4 is 0 Å². The summed E-state index contributed by atoms with van der Waals surface area (Å²) in [6, 6.07) is 0. The smallest absolute Gasteiger partial charge is 0.229 e. The minimum Gasteiger partial charge on any atom is -0.393 e. The highest BCUT2D eigenvalue weighted by molar-refractivity contribution is 5.05. The van der Waals surface area contributed by atoms with Gasteiger partial charge in [-0.15, -0.1) is 0 Å². The number of aliphatic hydroxyl groups is 1. The Kier molecular flexibility index (Phi) is 3.61. The van der Waals surface area contributed by atoms with Gasteiger partial charge in [-0.05, 0) is 49.9 Å². The van der Waals surface area contributed by atoms with Crippen molar-refractivity contribution in [2.45, 2.75) is 77.2 Å². The Labute approximate surface area is 121 Å². The van der Waals surface area contributed by atoms with Gasteiger partial charge in [-0.25, -0.2) is 0 Å². The third-order valence-electron chi connectivity index (χ3n) is 5.24. The van der Waals surface area contributed by atoms with E-state index in [2.05, 4.69) is 30.9 Å². The summed E-state index contributed by atoms with van der Waals surface area (Å²) in [5.41, 5.74) is 0.412. The maximum absolute atomic E-state index is 9.35. The minimum atomic E-state index is -0.169. The lowest BCUT2D eigenvalue weighted by atomic mass is 9.70. The van der Waals surface area contributed by atoms with E-state index in [0.29, 0.717) is 11.3 Å². The lowest BCUT2D eigenvalue weighted by Gasteiger charge is -2.36. The molecule has 2 aliphatic rings. The largest absolute Gasteiger partial charge is 0.393 e. The third-order valence-corrected chi connectivity index (χ3v) is 5.24. The van der Waals surface area contributed by atoms with Gasteiger partial charge in [-0.2, -0.15) is 4.98 Å². The van der Waals surface area contributed by atoms with Gasteiger partial charge in [0.2, 0.25) is 5.89 Å². The molecule has 3 rings (SSSR count). The monoisotopic (exact) mass is 278 g/mol. The highest BCUT2D eigenvalue weighted by Crippen LogP contribution is 2.43. The van der Waals surface area contributed by atoms with E-state index in [-0.39, 0.29) is 12.0 Å². The molecule has 1 aromatic heterocycles. The molecule has 0 bridgehead atoms. The second-order valence-electron chi connectivity index (χ2n) is 7.73. The van der Waals surface area contributed by atoms with Crippen LogP contribution >= 0.6 is 0 Å². The highest BCUT2D eigenvalue weighted by atomic mass is 16.5. The summed E-state index contributed by atoms with van der Waals surface area (Å²) >= 11 is 0. The first-order valence-corrected chi connectivity index (χ1v) is 7.95. The van der Waals surface area contributed by atoms with Gasteiger partial charge in [0.15, 0.2) is 5.82 Å². The van der Waals surface area contributed by atoms with Crippen LogP contribution in [0, 0.1) is 11.3 Å². The number of aliphatic hydroxyl groups excluding tert-OH is 1. The Hall–Kier alpha value is -0.900. The topological polar surface area (TPSA) is 59.2 Å². The van der Waals surface area contributed by atoms with Crippen molar-refractivity contribution < 1.29 is 9.63 Å². The predicted molar refractivity (Wildman–Crippen MR) is 76.4 cm³/mol. The number of aromatic nitrogens is 2. The molecule has 0 aliphatic heterocycles. The fourth-order valence-corrected chi connectivity index (χ4v) is 3.59. The quantitative estimate of drug-likeness (QED) is 0.897. The van der Waals surface area contributed by atoms with Gasteiger partial charge < -0.3 is 9.63 Å². The Morgan fingerprint density at radius 3 is 2.25 bits per heavy atom. The van der Waals surface area contributed by atoms with E-state index in [1.165, 1.54) is 25.7 Å². The molecule has 2 aliphatic carbocycles. The first-order valence-electron chi connectivity index (χ1n) is 7.95. The summed E-state index contributed by atoms with van der Waals surface area (Å²) in [4.78, 5) is 4.59. The summed E-state index contributed by atoms with van der Waals surface area (Å²) in [7, 11) is 0. The Morgan fingerprint density at radius 1 is 1.05 bits per heavy atom. The molecule has 0 spiro atoms. The predicted octanol–water partition coefficient (Wildman–Crippen LogP) is 3.63. The zero-order valence-electron chi connectivity index (χ0n) is 12.8. The SMILES string of the molecule is CC(C)(C)C1CCC(c2noc(C3CC(O)C3)n2)CC1. The summed E-state index contributed by atoms with van der Waals surface area (Å²) in [5.74, 6) is 3.21. The molecule has 0 radical (unpaired) electrons. The van der Waals surface area contributed by atoms with Crippen LogP contribution in [-0.4, -0.2) is 21.4 Å². The van der Waals surface area contributed by atoms with Gasteiger partial charge >= 0.3 is 0 Å². The van der Waals surface area contributed by atoms with Crippen LogP contribution in [0.15, 0.2) is 4.52 Å². The van der Waals surface area contributed by atoms with Crippen molar-refractivity contribution in [1.82, 2.24) is 10.1 Å². The van der Waals surface area contributed by atoms with Crippen LogP contribution in [0.5, 0.6) is 0 Å². The molecule has 1 heterocycles. The molecule has 2 fully saturated rings. The van der Waals surface area contributed by atoms with E-state index in [0.717, 1.165) is 30.5 Å². The summed E-state index contributed by atoms with van der Waals surface area (Å²) in [6.45, 7) is 7.02. The van der Waals surface area contributed by atoms with Crippen molar-refractivity contribution in [3.05, 3.63) is 11.7 Å². The average Bonchev–Trinajstić information content (AvgIpc) is 2.83. The Bertz CT molecular complexity index is 449. The molecule has 4 heteroatoms. The van der Waals surface area contributed by atoms with Crippen molar-refractivity contribution in [1.29, 1.82) is 0 Å². The lowest BCUT2D eigenvalue weighted by Crippen LogP contribution is -2.27. The Balaban J connectivity index is 1.58. The molecule has 20 heavy (non-hydrogen) atoms. The van der Waals surface area contributed by atoms with E-state index in [9.17, 15) is 5.11 Å². The van der Waals surface area contributed by atoms with Crippen molar-refractivity contribution in [3.8, 4) is 0 Å². The van der Waals surface area contributed by atoms with Gasteiger partial charge in [0, 0.05) is 11.8 Å². The number of rotatable bonds is 2. The zero-order valence-corrected chi connectivity index (χ0v) is 12.8. The number of hydrogen-bond acceptors (Lipinski definition) is 4. The molecule has 4 nitrogen and oxygen atoms in total. The molecule has 0 aromatic carbocycles. The molecule has 0 saturated heterocycles. The summed E-state index contributed by atoms with van der Waals surface area (Å²) in [5, 5.41) is 13.5. The molecule has 0 atom stereocenters. The van der Waals surface area contributed by atoms with E-state index < -0.39 is 0 Å². The first kappa shape index (κ1) is 14.1. The van der Waals surface area contributed by atoms with E-state index >= 15 is 0 Å². The molecular weight excluding hydrogens is 252 g/mol. The van der Waals surface area contributed by atoms with Crippen LogP contribution in [0.4, 0.5) is 0 Å². The van der Waals surface area contributed by atoms with Crippen molar-refractivity contribution in [2.24, 2.45) is 11.3 Å². The molecular formula is C16H26N2O2. The Morgan fingerprint density at radius 2 is 1.70 bits per heavy atom. The molecule has 0 amide bonds. The average molecular weight is 278 g/mol. The lowest BCUT2D eigenvalue weighted by molar-refractivity contribution is 0.0624. The van der Waals surface area contributed by atoms with E-state index in [1.54, 1.807) is 0 Å². The van der Waals surface area contributed by atoms with Gasteiger partial charge in [-0.3, -0.25) is 0 Å². The maximum atomic E-state index is 9.35. The molecule has 1 aromatic rings. The molecule has 0 unspecified atom stereocenters. The molecule has 2 saturated carbocycles. The van der Waals surface area contributed by atoms with Crippen LogP contribution in [0.3, 0.4) is 0 Å². The number of nitrogens with zero attached hydrogens (tertiary/aromatic N) is 2. The van der Waals surface area contributed by atoms with Gasteiger partial charge in [0.25, 0.3) is 0 Å². The molecule has 112 valence electrons. The standard InChI is InChI=1S/C16H26N2O2/c1-16(2,3)12-6-4-10(5-7-12)14-17-15(20-18-14)11-8-13(19)9-11/h10-13,19H,4-9H2,1-3H3. The van der Waals surface area contributed by atoms with Crippen LogP contribution in [0.2, 0.25) is 0 Å². The third kappa shape index (κ3) is 2.76. The number of hydrogen-bond donors (Lipinski definition) is 1. The fourth-order valence-electron chi connectivity index (χ4n) is 3.59. The molecule has 1 N–H and O–H groups in total. The summed E-state index contributed by atoms with van der Waals surface area (Å²) in [6.07, 6.45) is 6.26. The van der Waals surface area contributed by atoms with Crippen molar-refractivity contribution in [3.63, 3.8) is 0 Å². The van der Waals surface area contributed by atoms with Gasteiger partial charge in [-0.1, -0.05) is 25.9 Å². The minimum absolute atomic E-state index is 0.169. The second kappa shape index (κ2) is 5.14. The van der Waals surface area contributed by atoms with E-state index in [4.69, 9.17) is 4.52 Å². The van der Waals surface area contributed by atoms with Gasteiger partial charge in [0.1, 0.15) is 0 Å².